The van der Waals surface area contributed by atoms with Crippen molar-refractivity contribution in [3.8, 4) is 0 Å². The zero-order valence-electron chi connectivity index (χ0n) is 14.2. The molecule has 24 heteroatoms. The first-order chi connectivity index (χ1) is 14.2. The molecule has 0 rings (SSSR count). The molecule has 0 heterocycles. The first-order valence-corrected chi connectivity index (χ1v) is 6.80. The summed E-state index contributed by atoms with van der Waals surface area (Å²) in [4.78, 5) is 0. The number of rotatable bonds is 8. The van der Waals surface area contributed by atoms with Crippen LogP contribution < -0.4 is 0 Å². The summed E-state index contributed by atoms with van der Waals surface area (Å²) in [6.45, 7) is 0. The Kier molecular flexibility index (Phi) is 7.34. The number of nitrogens with zero attached hydrogens (tertiary/aromatic N) is 2. The molecule has 0 fully saturated rings. The Bertz CT molecular complexity index is 704. The van der Waals surface area contributed by atoms with Gasteiger partial charge in [-0.15, -0.1) is 10.2 Å². The highest BCUT2D eigenvalue weighted by molar-refractivity contribution is 5.07. The number of azo groups is 1. The van der Waals surface area contributed by atoms with Gasteiger partial charge in [0.05, 0.1) is 0 Å². The van der Waals surface area contributed by atoms with Crippen LogP contribution in [0.15, 0.2) is 10.2 Å². The van der Waals surface area contributed by atoms with Crippen molar-refractivity contribution in [2.75, 3.05) is 0 Å². The lowest BCUT2D eigenvalue weighted by atomic mass is 10.0. The Morgan fingerprint density at radius 2 is 0.412 bits per heavy atom. The van der Waals surface area contributed by atoms with Crippen molar-refractivity contribution in [2.45, 2.75) is 60.0 Å². The number of halogens is 22. The van der Waals surface area contributed by atoms with E-state index in [0.29, 0.717) is 0 Å². The summed E-state index contributed by atoms with van der Waals surface area (Å²) in [5.74, 6) is -49.6. The normalized spacial score (nSPS) is 17.0. The van der Waals surface area contributed by atoms with Gasteiger partial charge in [0.1, 0.15) is 0 Å². The van der Waals surface area contributed by atoms with Gasteiger partial charge in [0, 0.05) is 0 Å². The van der Waals surface area contributed by atoms with Crippen LogP contribution in [-0.4, -0.2) is 60.0 Å². The molecule has 2 nitrogen and oxygen atoms in total. The summed E-state index contributed by atoms with van der Waals surface area (Å²) in [5, 5.41) is -0.286. The molecular weight excluding hydrogens is 566 g/mol. The lowest BCUT2D eigenvalue weighted by molar-refractivity contribution is -0.426. The summed E-state index contributed by atoms with van der Waals surface area (Å²) in [6.07, 6.45) is -15.6. The minimum atomic E-state index is -8.37. The second-order valence-electron chi connectivity index (χ2n) is 5.72. The molecule has 0 aromatic rings. The molecule has 0 saturated heterocycles. The van der Waals surface area contributed by atoms with E-state index in [1.54, 1.807) is 0 Å². The van der Waals surface area contributed by atoms with Gasteiger partial charge in [0.15, 0.2) is 0 Å². The van der Waals surface area contributed by atoms with E-state index in [0.717, 1.165) is 0 Å². The Morgan fingerprint density at radius 3 is 0.559 bits per heavy atom. The summed E-state index contributed by atoms with van der Waals surface area (Å²) in [5.41, 5.74) is 0. The van der Waals surface area contributed by atoms with Crippen molar-refractivity contribution in [1.29, 1.82) is 0 Å². The van der Waals surface area contributed by atoms with Crippen LogP contribution in [0.2, 0.25) is 0 Å². The predicted molar refractivity (Wildman–Crippen MR) is 56.5 cm³/mol. The molecule has 0 unspecified atom stereocenters. The summed E-state index contributed by atoms with van der Waals surface area (Å²) >= 11 is 0. The van der Waals surface area contributed by atoms with E-state index >= 15 is 0 Å². The minimum absolute atomic E-state index is 0.143. The van der Waals surface area contributed by atoms with Gasteiger partial charge in [0.2, 0.25) is 0 Å². The van der Waals surface area contributed by atoms with Gasteiger partial charge in [-0.25, -0.2) is 0 Å². The third kappa shape index (κ3) is 4.27. The fraction of sp³-hybridized carbons (Fsp3) is 1.00. The van der Waals surface area contributed by atoms with Gasteiger partial charge in [-0.1, -0.05) is 0 Å². The average Bonchev–Trinajstić information content (AvgIpc) is 2.57. The second-order valence-corrected chi connectivity index (χ2v) is 5.72. The third-order valence-electron chi connectivity index (χ3n) is 3.35. The van der Waals surface area contributed by atoms with Gasteiger partial charge >= 0.3 is 60.0 Å². The average molecular weight is 566 g/mol. The van der Waals surface area contributed by atoms with Crippen molar-refractivity contribution in [3.63, 3.8) is 0 Å². The molecular formula is C10F22N2. The minimum Gasteiger partial charge on any atom is -0.192 e. The molecule has 0 saturated carbocycles. The first-order valence-electron chi connectivity index (χ1n) is 6.80. The van der Waals surface area contributed by atoms with Gasteiger partial charge in [-0.05, 0) is 0 Å². The predicted octanol–water partition coefficient (Wildman–Crippen LogP) is 7.56. The van der Waals surface area contributed by atoms with Gasteiger partial charge in [-0.2, -0.15) is 96.6 Å². The van der Waals surface area contributed by atoms with Crippen LogP contribution in [0.1, 0.15) is 0 Å². The SMILES string of the molecule is FC(F)(F)C(F)(F)C(F)(F)C(F)(F)C(F)(F)N=NC(F)(F)C(F)(F)C(F)(F)C(F)(F)C(F)(F)F. The van der Waals surface area contributed by atoms with E-state index in [9.17, 15) is 96.6 Å². The molecule has 34 heavy (non-hydrogen) atoms. The molecule has 0 N–H and O–H groups in total. The monoisotopic (exact) mass is 566 g/mol. The zero-order valence-corrected chi connectivity index (χ0v) is 14.2. The van der Waals surface area contributed by atoms with Crippen molar-refractivity contribution in [3.05, 3.63) is 0 Å². The second kappa shape index (κ2) is 7.78. The lowest BCUT2D eigenvalue weighted by Gasteiger charge is -2.36. The molecule has 0 amide bonds. The van der Waals surface area contributed by atoms with Crippen molar-refractivity contribution < 1.29 is 96.6 Å². The van der Waals surface area contributed by atoms with Crippen molar-refractivity contribution >= 4 is 0 Å². The van der Waals surface area contributed by atoms with E-state index < -0.39 is 60.0 Å². The van der Waals surface area contributed by atoms with Crippen molar-refractivity contribution in [2.24, 2.45) is 10.2 Å². The van der Waals surface area contributed by atoms with Crippen LogP contribution in [0.5, 0.6) is 0 Å². The van der Waals surface area contributed by atoms with E-state index in [1.807, 2.05) is 0 Å². The van der Waals surface area contributed by atoms with E-state index in [4.69, 9.17) is 0 Å². The van der Waals surface area contributed by atoms with Crippen LogP contribution in [0.25, 0.3) is 0 Å². The standard InChI is InChI=1S/C10F22N2/c11-1(12,3(15,16)7(23,24)25)5(19,20)9(29,30)33-34-10(31,32)6(21,22)2(13,14)4(17,18)8(26,27)28. The molecule has 0 aliphatic rings. The van der Waals surface area contributed by atoms with Crippen LogP contribution in [0, 0.1) is 0 Å². The Hall–Kier alpha value is -1.94. The Labute approximate surface area is 168 Å². The van der Waals surface area contributed by atoms with E-state index in [-0.39, 0.29) is 10.2 Å². The summed E-state index contributed by atoms with van der Waals surface area (Å²) < 4.78 is 276. The maximum absolute atomic E-state index is 13.0. The molecule has 0 aliphatic carbocycles. The van der Waals surface area contributed by atoms with Gasteiger partial charge < -0.3 is 0 Å². The molecule has 0 aromatic carbocycles. The summed E-state index contributed by atoms with van der Waals surface area (Å²) in [6, 6.07) is -15.7. The topological polar surface area (TPSA) is 24.7 Å². The quantitative estimate of drug-likeness (QED) is 0.165. The van der Waals surface area contributed by atoms with Crippen LogP contribution in [0.3, 0.4) is 0 Å². The highest BCUT2D eigenvalue weighted by Crippen LogP contribution is 2.60. The highest BCUT2D eigenvalue weighted by Gasteiger charge is 2.89. The maximum atomic E-state index is 13.0. The highest BCUT2D eigenvalue weighted by atomic mass is 19.4. The van der Waals surface area contributed by atoms with E-state index in [2.05, 4.69) is 0 Å². The molecule has 0 aromatic heterocycles. The third-order valence-corrected chi connectivity index (χ3v) is 3.35. The molecule has 0 bridgehead atoms. The molecule has 0 atom stereocenters. The van der Waals surface area contributed by atoms with Gasteiger partial charge in [-0.3, -0.25) is 0 Å². The van der Waals surface area contributed by atoms with Crippen molar-refractivity contribution in [1.82, 2.24) is 0 Å². The number of hydrogen-bond donors (Lipinski definition) is 0. The zero-order chi connectivity index (χ0) is 28.4. The smallest absolute Gasteiger partial charge is 0.192 e. The number of hydrogen-bond acceptors (Lipinski definition) is 2. The molecule has 0 spiro atoms. The van der Waals surface area contributed by atoms with E-state index in [1.165, 1.54) is 0 Å². The van der Waals surface area contributed by atoms with Crippen LogP contribution >= 0.6 is 0 Å². The maximum Gasteiger partial charge on any atom is 0.460 e. The Balaban J connectivity index is 6.57. The molecule has 0 radical (unpaired) electrons. The molecule has 204 valence electrons. The van der Waals surface area contributed by atoms with Crippen LogP contribution in [0.4, 0.5) is 96.6 Å². The lowest BCUT2D eigenvalue weighted by Crippen LogP contribution is -2.66. The fourth-order valence-corrected chi connectivity index (χ4v) is 1.38. The largest absolute Gasteiger partial charge is 0.460 e. The van der Waals surface area contributed by atoms with Gasteiger partial charge in [0.25, 0.3) is 0 Å². The number of alkyl halides is 22. The Morgan fingerprint density at radius 1 is 0.235 bits per heavy atom. The fourth-order valence-electron chi connectivity index (χ4n) is 1.38. The van der Waals surface area contributed by atoms with Crippen LogP contribution in [-0.2, 0) is 0 Å². The molecule has 0 aliphatic heterocycles. The first kappa shape index (κ1) is 32.1. The summed E-state index contributed by atoms with van der Waals surface area (Å²) in [7, 11) is 0.